The van der Waals surface area contributed by atoms with Gasteiger partial charge in [-0.05, 0) is 68.1 Å². The van der Waals surface area contributed by atoms with Crippen molar-refractivity contribution in [2.45, 2.75) is 96.9 Å². The van der Waals surface area contributed by atoms with Gasteiger partial charge < -0.3 is 19.7 Å². The minimum atomic E-state index is -1.43. The third kappa shape index (κ3) is 3.51. The molecule has 0 aliphatic heterocycles. The third-order valence-corrected chi connectivity index (χ3v) is 9.82. The molecule has 4 aliphatic carbocycles. The summed E-state index contributed by atoms with van der Waals surface area (Å²) in [6.07, 6.45) is 4.42. The zero-order valence-corrected chi connectivity index (χ0v) is 19.8. The Morgan fingerprint density at radius 2 is 1.81 bits per heavy atom. The number of aliphatic hydroxyl groups is 2. The second-order valence-corrected chi connectivity index (χ2v) is 11.4. The van der Waals surface area contributed by atoms with Crippen LogP contribution in [0.3, 0.4) is 0 Å². The van der Waals surface area contributed by atoms with Crippen LogP contribution in [-0.2, 0) is 23.9 Å². The molecule has 180 valence electrons. The van der Waals surface area contributed by atoms with Crippen LogP contribution in [0.15, 0.2) is 0 Å². The van der Waals surface area contributed by atoms with Gasteiger partial charge in [0, 0.05) is 31.6 Å². The predicted octanol–water partition coefficient (Wildman–Crippen LogP) is 2.79. The normalized spacial score (nSPS) is 46.4. The average molecular weight is 451 g/mol. The summed E-state index contributed by atoms with van der Waals surface area (Å²) in [6.45, 7) is 6.55. The first kappa shape index (κ1) is 23.7. The quantitative estimate of drug-likeness (QED) is 0.634. The van der Waals surface area contributed by atoms with Gasteiger partial charge in [-0.15, -0.1) is 0 Å². The zero-order chi connectivity index (χ0) is 23.5. The highest BCUT2D eigenvalue weighted by Gasteiger charge is 2.69. The summed E-state index contributed by atoms with van der Waals surface area (Å²) in [5, 5.41) is 22.2. The summed E-state index contributed by atoms with van der Waals surface area (Å²) in [7, 11) is 0. The lowest BCUT2D eigenvalue weighted by Crippen LogP contribution is -2.63. The van der Waals surface area contributed by atoms with Crippen molar-refractivity contribution in [1.29, 1.82) is 0 Å². The first-order chi connectivity index (χ1) is 14.9. The topological polar surface area (TPSA) is 110 Å². The van der Waals surface area contributed by atoms with E-state index in [1.807, 2.05) is 6.92 Å². The fourth-order valence-corrected chi connectivity index (χ4v) is 8.28. The molecule has 0 saturated heterocycles. The van der Waals surface area contributed by atoms with E-state index >= 15 is 0 Å². The standard InChI is InChI=1S/C25H38O7/c1-14(26)31-13-21(32-15(2)27)25(30)10-8-19-18-6-5-16-11-17(28)7-9-23(16,3)22(18)20(29)12-24(19,25)4/h16-19,21-22,28,30H,5-13H2,1-4H3/t16-,17-,18+,19-,21-,22-,23+,24+,25-/m1/s1. The van der Waals surface area contributed by atoms with Gasteiger partial charge >= 0.3 is 11.9 Å². The van der Waals surface area contributed by atoms with Crippen molar-refractivity contribution < 1.29 is 34.1 Å². The summed E-state index contributed by atoms with van der Waals surface area (Å²) in [5.41, 5.74) is -2.28. The van der Waals surface area contributed by atoms with E-state index in [-0.39, 0.29) is 48.1 Å². The molecule has 2 N–H and O–H groups in total. The van der Waals surface area contributed by atoms with Gasteiger partial charge in [-0.1, -0.05) is 13.8 Å². The molecule has 0 aromatic carbocycles. The van der Waals surface area contributed by atoms with Crippen LogP contribution in [-0.4, -0.2) is 52.4 Å². The van der Waals surface area contributed by atoms with Crippen molar-refractivity contribution in [2.75, 3.05) is 6.61 Å². The molecule has 4 fully saturated rings. The number of ether oxygens (including phenoxy) is 2. The van der Waals surface area contributed by atoms with Gasteiger partial charge in [-0.25, -0.2) is 0 Å². The fourth-order valence-electron chi connectivity index (χ4n) is 8.28. The molecule has 4 aliphatic rings. The number of rotatable bonds is 4. The van der Waals surface area contributed by atoms with Crippen molar-refractivity contribution in [3.8, 4) is 0 Å². The number of carbonyl (C=O) groups excluding carboxylic acids is 3. The highest BCUT2D eigenvalue weighted by molar-refractivity contribution is 5.84. The molecule has 9 atom stereocenters. The van der Waals surface area contributed by atoms with Crippen LogP contribution in [0.4, 0.5) is 0 Å². The summed E-state index contributed by atoms with van der Waals surface area (Å²) < 4.78 is 10.6. The third-order valence-electron chi connectivity index (χ3n) is 9.82. The molecule has 0 heterocycles. The summed E-state index contributed by atoms with van der Waals surface area (Å²) in [6, 6.07) is 0. The van der Waals surface area contributed by atoms with Gasteiger partial charge in [-0.2, -0.15) is 0 Å². The Morgan fingerprint density at radius 1 is 1.09 bits per heavy atom. The molecule has 4 saturated carbocycles. The van der Waals surface area contributed by atoms with Crippen LogP contribution in [0.1, 0.15) is 79.1 Å². The number of aliphatic hydroxyl groups excluding tert-OH is 1. The van der Waals surface area contributed by atoms with Gasteiger partial charge in [0.25, 0.3) is 0 Å². The highest BCUT2D eigenvalue weighted by Crippen LogP contribution is 2.67. The molecule has 0 bridgehead atoms. The lowest BCUT2D eigenvalue weighted by molar-refractivity contribution is -0.211. The zero-order valence-electron chi connectivity index (χ0n) is 19.8. The van der Waals surface area contributed by atoms with Crippen LogP contribution in [0.5, 0.6) is 0 Å². The lowest BCUT2D eigenvalue weighted by Gasteiger charge is -2.60. The maximum absolute atomic E-state index is 13.7. The van der Waals surface area contributed by atoms with E-state index in [0.29, 0.717) is 12.3 Å². The Morgan fingerprint density at radius 3 is 2.47 bits per heavy atom. The summed E-state index contributed by atoms with van der Waals surface area (Å²) in [4.78, 5) is 37.0. The predicted molar refractivity (Wildman–Crippen MR) is 115 cm³/mol. The Bertz CT molecular complexity index is 795. The minimum absolute atomic E-state index is 0.0465. The number of fused-ring (bicyclic) bond motifs is 5. The molecule has 0 amide bonds. The van der Waals surface area contributed by atoms with E-state index in [4.69, 9.17) is 9.47 Å². The lowest BCUT2D eigenvalue weighted by atomic mass is 9.44. The minimum Gasteiger partial charge on any atom is -0.462 e. The molecule has 7 heteroatoms. The molecule has 32 heavy (non-hydrogen) atoms. The smallest absolute Gasteiger partial charge is 0.303 e. The van der Waals surface area contributed by atoms with Crippen molar-refractivity contribution in [1.82, 2.24) is 0 Å². The van der Waals surface area contributed by atoms with Gasteiger partial charge in [0.15, 0.2) is 6.10 Å². The Hall–Kier alpha value is -1.47. The van der Waals surface area contributed by atoms with Crippen LogP contribution in [0.25, 0.3) is 0 Å². The number of Topliss-reactive ketones (excluding diaryl/α,β-unsaturated/α-hetero) is 1. The number of hydrogen-bond acceptors (Lipinski definition) is 7. The Kier molecular flexibility index (Phi) is 5.98. The second-order valence-electron chi connectivity index (χ2n) is 11.4. The van der Waals surface area contributed by atoms with Crippen LogP contribution >= 0.6 is 0 Å². The maximum atomic E-state index is 13.7. The maximum Gasteiger partial charge on any atom is 0.303 e. The van der Waals surface area contributed by atoms with Gasteiger partial charge in [0.1, 0.15) is 18.0 Å². The van der Waals surface area contributed by atoms with Gasteiger partial charge in [0.2, 0.25) is 0 Å². The van der Waals surface area contributed by atoms with Crippen molar-refractivity contribution >= 4 is 17.7 Å². The van der Waals surface area contributed by atoms with E-state index in [9.17, 15) is 24.6 Å². The summed E-state index contributed by atoms with van der Waals surface area (Å²) >= 11 is 0. The van der Waals surface area contributed by atoms with E-state index < -0.39 is 29.1 Å². The Balaban J connectivity index is 1.65. The van der Waals surface area contributed by atoms with E-state index in [2.05, 4.69) is 6.92 Å². The van der Waals surface area contributed by atoms with Gasteiger partial charge in [-0.3, -0.25) is 14.4 Å². The van der Waals surface area contributed by atoms with E-state index in [0.717, 1.165) is 38.5 Å². The highest BCUT2D eigenvalue weighted by atomic mass is 16.6. The van der Waals surface area contributed by atoms with Crippen LogP contribution in [0, 0.1) is 34.5 Å². The molecule has 0 radical (unpaired) electrons. The van der Waals surface area contributed by atoms with Crippen molar-refractivity contribution in [3.63, 3.8) is 0 Å². The van der Waals surface area contributed by atoms with Crippen LogP contribution < -0.4 is 0 Å². The van der Waals surface area contributed by atoms with Crippen molar-refractivity contribution in [2.24, 2.45) is 34.5 Å². The van der Waals surface area contributed by atoms with E-state index in [1.165, 1.54) is 13.8 Å². The molecule has 7 nitrogen and oxygen atoms in total. The molecular weight excluding hydrogens is 412 g/mol. The fraction of sp³-hybridized carbons (Fsp3) is 0.880. The molecule has 4 rings (SSSR count). The number of ketones is 1. The first-order valence-corrected chi connectivity index (χ1v) is 12.2. The van der Waals surface area contributed by atoms with E-state index in [1.54, 1.807) is 0 Å². The molecular formula is C25H38O7. The first-order valence-electron chi connectivity index (χ1n) is 12.2. The SMILES string of the molecule is CC(=O)OC[C@@H](OC(C)=O)[C@]1(O)CC[C@@H]2[C@@H]3CC[C@@H]4C[C@H](O)CC[C@]4(C)[C@H]3C(=O)C[C@@]21C. The Labute approximate surface area is 190 Å². The number of hydrogen-bond donors (Lipinski definition) is 2. The largest absolute Gasteiger partial charge is 0.462 e. The molecule has 0 spiro atoms. The van der Waals surface area contributed by atoms with Crippen LogP contribution in [0.2, 0.25) is 0 Å². The van der Waals surface area contributed by atoms with Crippen molar-refractivity contribution in [3.05, 3.63) is 0 Å². The average Bonchev–Trinajstić information content (AvgIpc) is 2.96. The molecule has 0 aromatic heterocycles. The number of esters is 2. The van der Waals surface area contributed by atoms with Gasteiger partial charge in [0.05, 0.1) is 6.10 Å². The second kappa shape index (κ2) is 8.08. The monoisotopic (exact) mass is 450 g/mol. The number of carbonyl (C=O) groups is 3. The molecule has 0 unspecified atom stereocenters. The summed E-state index contributed by atoms with van der Waals surface area (Å²) in [5.74, 6) is -0.235. The molecule has 0 aromatic rings.